The van der Waals surface area contributed by atoms with Gasteiger partial charge in [-0.05, 0) is 41.5 Å². The summed E-state index contributed by atoms with van der Waals surface area (Å²) in [6.45, 7) is 1.92. The van der Waals surface area contributed by atoms with Gasteiger partial charge in [0.2, 0.25) is 5.91 Å². The average molecular weight is 294 g/mol. The summed E-state index contributed by atoms with van der Waals surface area (Å²) in [7, 11) is 0. The predicted octanol–water partition coefficient (Wildman–Crippen LogP) is 3.25. The first-order chi connectivity index (χ1) is 10.7. The molecule has 22 heavy (non-hydrogen) atoms. The summed E-state index contributed by atoms with van der Waals surface area (Å²) in [6, 6.07) is 17.6. The van der Waals surface area contributed by atoms with Gasteiger partial charge in [-0.25, -0.2) is 5.43 Å². The van der Waals surface area contributed by atoms with Gasteiger partial charge in [-0.1, -0.05) is 36.4 Å². The molecule has 0 saturated heterocycles. The Morgan fingerprint density at radius 2 is 1.82 bits per heavy atom. The molecular weight excluding hydrogens is 276 g/mol. The number of nitrogens with zero attached hydrogens (tertiary/aromatic N) is 1. The van der Waals surface area contributed by atoms with Gasteiger partial charge in [0.1, 0.15) is 12.4 Å². The summed E-state index contributed by atoms with van der Waals surface area (Å²) in [6.07, 6.45) is 5.58. The summed E-state index contributed by atoms with van der Waals surface area (Å²) in [4.78, 5) is 10.7. The molecule has 0 spiro atoms. The van der Waals surface area contributed by atoms with Crippen LogP contribution in [0.2, 0.25) is 0 Å². The molecule has 1 N–H and O–H groups in total. The van der Waals surface area contributed by atoms with E-state index in [1.807, 2.05) is 66.7 Å². The molecular formula is C18H18N2O2. The zero-order valence-corrected chi connectivity index (χ0v) is 12.4. The van der Waals surface area contributed by atoms with Crippen molar-refractivity contribution in [1.82, 2.24) is 5.43 Å². The van der Waals surface area contributed by atoms with Crippen LogP contribution in [-0.2, 0) is 4.79 Å². The number of hydrazone groups is 1. The maximum atomic E-state index is 10.7. The van der Waals surface area contributed by atoms with Crippen molar-refractivity contribution in [2.75, 3.05) is 6.61 Å². The first kappa shape index (κ1) is 15.5. The van der Waals surface area contributed by atoms with Crippen LogP contribution in [0, 0.1) is 0 Å². The van der Waals surface area contributed by atoms with Crippen molar-refractivity contribution >= 4 is 18.2 Å². The monoisotopic (exact) mass is 294 g/mol. The van der Waals surface area contributed by atoms with Crippen molar-refractivity contribution < 1.29 is 9.53 Å². The van der Waals surface area contributed by atoms with Gasteiger partial charge in [0.15, 0.2) is 0 Å². The summed E-state index contributed by atoms with van der Waals surface area (Å²) >= 11 is 0. The summed E-state index contributed by atoms with van der Waals surface area (Å²) in [5, 5.41) is 3.80. The fraction of sp³-hybridized carbons (Fsp3) is 0.111. The minimum Gasteiger partial charge on any atom is -0.490 e. The van der Waals surface area contributed by atoms with Gasteiger partial charge < -0.3 is 4.74 Å². The molecule has 0 radical (unpaired) electrons. The maximum absolute atomic E-state index is 10.7. The lowest BCUT2D eigenvalue weighted by atomic mass is 10.2. The number of rotatable bonds is 6. The fourth-order valence-corrected chi connectivity index (χ4v) is 1.74. The number of benzene rings is 2. The zero-order chi connectivity index (χ0) is 15.6. The Balaban J connectivity index is 1.80. The highest BCUT2D eigenvalue weighted by Gasteiger charge is 1.93. The van der Waals surface area contributed by atoms with Crippen molar-refractivity contribution in [3.05, 3.63) is 71.8 Å². The standard InChI is InChI=1S/C18H18N2O2/c1-15(21)20-19-14-17-9-11-18(12-10-17)22-13-5-8-16-6-3-2-4-7-16/h2-12,14H,13H2,1H3,(H,20,21). The minimum absolute atomic E-state index is 0.193. The number of carbonyl (C=O) groups excluding carboxylic acids is 1. The summed E-state index contributed by atoms with van der Waals surface area (Å²) < 4.78 is 5.62. The van der Waals surface area contributed by atoms with Crippen LogP contribution in [0.25, 0.3) is 6.08 Å². The van der Waals surface area contributed by atoms with E-state index in [1.54, 1.807) is 6.21 Å². The highest BCUT2D eigenvalue weighted by Crippen LogP contribution is 2.11. The molecule has 0 bridgehead atoms. The maximum Gasteiger partial charge on any atom is 0.236 e. The van der Waals surface area contributed by atoms with Gasteiger partial charge in [-0.2, -0.15) is 5.10 Å². The van der Waals surface area contributed by atoms with Gasteiger partial charge in [-0.3, -0.25) is 4.79 Å². The number of hydrogen-bond donors (Lipinski definition) is 1. The van der Waals surface area contributed by atoms with Crippen LogP contribution in [0.4, 0.5) is 0 Å². The average Bonchev–Trinajstić information content (AvgIpc) is 2.54. The largest absolute Gasteiger partial charge is 0.490 e. The Morgan fingerprint density at radius 1 is 1.09 bits per heavy atom. The third kappa shape index (κ3) is 5.63. The van der Waals surface area contributed by atoms with Crippen LogP contribution in [-0.4, -0.2) is 18.7 Å². The van der Waals surface area contributed by atoms with E-state index >= 15 is 0 Å². The molecule has 4 heteroatoms. The molecule has 0 aromatic heterocycles. The molecule has 0 aliphatic carbocycles. The molecule has 0 saturated carbocycles. The van der Waals surface area contributed by atoms with E-state index < -0.39 is 0 Å². The molecule has 0 aliphatic heterocycles. The molecule has 2 rings (SSSR count). The number of hydrogen-bond acceptors (Lipinski definition) is 3. The van der Waals surface area contributed by atoms with Crippen LogP contribution in [0.15, 0.2) is 65.8 Å². The fourth-order valence-electron chi connectivity index (χ4n) is 1.74. The van der Waals surface area contributed by atoms with Gasteiger partial charge in [0.25, 0.3) is 0 Å². The van der Waals surface area contributed by atoms with Crippen molar-refractivity contribution in [2.45, 2.75) is 6.92 Å². The first-order valence-electron chi connectivity index (χ1n) is 6.98. The van der Waals surface area contributed by atoms with E-state index in [0.717, 1.165) is 16.9 Å². The van der Waals surface area contributed by atoms with Crippen LogP contribution in [0.3, 0.4) is 0 Å². The highest BCUT2D eigenvalue weighted by atomic mass is 16.5. The second-order valence-corrected chi connectivity index (χ2v) is 4.62. The SMILES string of the molecule is CC(=O)NN=Cc1ccc(OCC=Cc2ccccc2)cc1. The third-order valence-corrected chi connectivity index (χ3v) is 2.77. The number of ether oxygens (including phenoxy) is 1. The topological polar surface area (TPSA) is 50.7 Å². The highest BCUT2D eigenvalue weighted by molar-refractivity contribution is 5.81. The Labute approximate surface area is 130 Å². The van der Waals surface area contributed by atoms with E-state index in [-0.39, 0.29) is 5.91 Å². The van der Waals surface area contributed by atoms with E-state index in [0.29, 0.717) is 6.61 Å². The summed E-state index contributed by atoms with van der Waals surface area (Å²) in [5.41, 5.74) is 4.39. The molecule has 0 aliphatic rings. The quantitative estimate of drug-likeness (QED) is 0.657. The lowest BCUT2D eigenvalue weighted by Gasteiger charge is -2.03. The van der Waals surface area contributed by atoms with Crippen LogP contribution in [0.1, 0.15) is 18.1 Å². The molecule has 2 aromatic carbocycles. The lowest BCUT2D eigenvalue weighted by Crippen LogP contribution is -2.12. The molecule has 0 atom stereocenters. The van der Waals surface area contributed by atoms with Crippen molar-refractivity contribution in [3.63, 3.8) is 0 Å². The number of amides is 1. The first-order valence-corrected chi connectivity index (χ1v) is 6.98. The minimum atomic E-state index is -0.193. The molecule has 0 unspecified atom stereocenters. The van der Waals surface area contributed by atoms with Gasteiger partial charge >= 0.3 is 0 Å². The molecule has 112 valence electrons. The second-order valence-electron chi connectivity index (χ2n) is 4.62. The second kappa shape index (κ2) is 8.42. The van der Waals surface area contributed by atoms with E-state index in [9.17, 15) is 4.79 Å². The van der Waals surface area contributed by atoms with Crippen LogP contribution < -0.4 is 10.2 Å². The normalized spacial score (nSPS) is 11.0. The smallest absolute Gasteiger partial charge is 0.236 e. The molecule has 4 nitrogen and oxygen atoms in total. The third-order valence-electron chi connectivity index (χ3n) is 2.77. The van der Waals surface area contributed by atoms with Crippen LogP contribution >= 0.6 is 0 Å². The van der Waals surface area contributed by atoms with Crippen molar-refractivity contribution in [1.29, 1.82) is 0 Å². The van der Waals surface area contributed by atoms with Crippen molar-refractivity contribution in [2.24, 2.45) is 5.10 Å². The van der Waals surface area contributed by atoms with E-state index in [2.05, 4.69) is 10.5 Å². The molecule has 2 aromatic rings. The Kier molecular flexibility index (Phi) is 5.93. The molecule has 1 amide bonds. The number of nitrogens with one attached hydrogen (secondary N) is 1. The Morgan fingerprint density at radius 3 is 2.50 bits per heavy atom. The number of carbonyl (C=O) groups is 1. The van der Waals surface area contributed by atoms with E-state index in [1.165, 1.54) is 6.92 Å². The van der Waals surface area contributed by atoms with Crippen molar-refractivity contribution in [3.8, 4) is 5.75 Å². The lowest BCUT2D eigenvalue weighted by molar-refractivity contribution is -0.118. The Bertz CT molecular complexity index is 647. The predicted molar refractivity (Wildman–Crippen MR) is 88.8 cm³/mol. The summed E-state index contributed by atoms with van der Waals surface area (Å²) in [5.74, 6) is 0.593. The van der Waals surface area contributed by atoms with Crippen LogP contribution in [0.5, 0.6) is 5.75 Å². The van der Waals surface area contributed by atoms with Gasteiger partial charge in [0, 0.05) is 6.92 Å². The Hall–Kier alpha value is -2.88. The van der Waals surface area contributed by atoms with E-state index in [4.69, 9.17) is 4.74 Å². The molecule has 0 heterocycles. The molecule has 0 fully saturated rings. The zero-order valence-electron chi connectivity index (χ0n) is 12.4. The van der Waals surface area contributed by atoms with Gasteiger partial charge in [-0.15, -0.1) is 0 Å². The van der Waals surface area contributed by atoms with Gasteiger partial charge in [0.05, 0.1) is 6.21 Å².